The third kappa shape index (κ3) is 3.48. The zero-order valence-electron chi connectivity index (χ0n) is 12.5. The van der Waals surface area contributed by atoms with Gasteiger partial charge in [-0.1, -0.05) is 11.8 Å². The normalized spacial score (nSPS) is 10.5. The zero-order valence-corrected chi connectivity index (χ0v) is 13.4. The molecule has 2 aromatic heterocycles. The van der Waals surface area contributed by atoms with Crippen LogP contribution < -0.4 is 10.6 Å². The van der Waals surface area contributed by atoms with Gasteiger partial charge in [-0.3, -0.25) is 10.1 Å². The summed E-state index contributed by atoms with van der Waals surface area (Å²) in [4.78, 5) is 22.7. The van der Waals surface area contributed by atoms with Crippen molar-refractivity contribution in [1.29, 1.82) is 0 Å². The van der Waals surface area contributed by atoms with Gasteiger partial charge in [-0.2, -0.15) is 0 Å². The maximum Gasteiger partial charge on any atom is 0.321 e. The number of imide groups is 1. The van der Waals surface area contributed by atoms with Crippen LogP contribution in [0.2, 0.25) is 0 Å². The molecule has 2 N–H and O–H groups in total. The quantitative estimate of drug-likeness (QED) is 0.807. The Bertz CT molecular complexity index is 679. The number of furan rings is 1. The first-order valence-corrected chi connectivity index (χ1v) is 7.67. The van der Waals surface area contributed by atoms with E-state index in [1.807, 2.05) is 24.5 Å². The highest BCUT2D eigenvalue weighted by molar-refractivity contribution is 7.99. The number of aromatic nitrogens is 3. The molecule has 0 aliphatic carbocycles. The van der Waals surface area contributed by atoms with Gasteiger partial charge in [-0.25, -0.2) is 4.79 Å². The van der Waals surface area contributed by atoms with Crippen molar-refractivity contribution in [2.45, 2.75) is 25.5 Å². The topological polar surface area (TPSA) is 102 Å². The molecule has 0 atom stereocenters. The maximum atomic E-state index is 11.6. The Balaban J connectivity index is 2.10. The molecule has 8 nitrogen and oxygen atoms in total. The third-order valence-corrected chi connectivity index (χ3v) is 3.91. The summed E-state index contributed by atoms with van der Waals surface area (Å²) in [7, 11) is 1.45. The number of aryl methyl sites for hydroxylation is 1. The first kappa shape index (κ1) is 16.1. The lowest BCUT2D eigenvalue weighted by Gasteiger charge is -2.06. The van der Waals surface area contributed by atoms with E-state index >= 15 is 0 Å². The molecule has 0 aliphatic heterocycles. The summed E-state index contributed by atoms with van der Waals surface area (Å²) in [6.45, 7) is 4.48. The van der Waals surface area contributed by atoms with Crippen molar-refractivity contribution in [3.63, 3.8) is 0 Å². The number of carbonyl (C=O) groups is 2. The zero-order chi connectivity index (χ0) is 16.1. The number of thioether (sulfide) groups is 1. The number of carbonyl (C=O) groups excluding carboxylic acids is 2. The molecule has 0 saturated carbocycles. The molecule has 9 heteroatoms. The second-order valence-corrected chi connectivity index (χ2v) is 5.30. The van der Waals surface area contributed by atoms with Gasteiger partial charge in [0.25, 0.3) is 0 Å². The number of rotatable bonds is 5. The van der Waals surface area contributed by atoms with E-state index in [0.29, 0.717) is 17.5 Å². The van der Waals surface area contributed by atoms with Crippen LogP contribution in [0.15, 0.2) is 21.9 Å². The summed E-state index contributed by atoms with van der Waals surface area (Å²) < 4.78 is 7.18. The van der Waals surface area contributed by atoms with Gasteiger partial charge in [0.05, 0.1) is 17.6 Å². The predicted octanol–water partition coefficient (Wildman–Crippen LogP) is 1.41. The van der Waals surface area contributed by atoms with Crippen LogP contribution in [0.5, 0.6) is 0 Å². The Morgan fingerprint density at radius 1 is 1.41 bits per heavy atom. The molecule has 0 saturated heterocycles. The van der Waals surface area contributed by atoms with Gasteiger partial charge in [0.2, 0.25) is 5.91 Å². The maximum absolute atomic E-state index is 11.6. The van der Waals surface area contributed by atoms with E-state index in [2.05, 4.69) is 20.8 Å². The molecule has 0 aromatic carbocycles. The smallest absolute Gasteiger partial charge is 0.321 e. The molecule has 0 unspecified atom stereocenters. The van der Waals surface area contributed by atoms with E-state index in [1.165, 1.54) is 18.8 Å². The van der Waals surface area contributed by atoms with Crippen LogP contribution in [0.4, 0.5) is 4.79 Å². The van der Waals surface area contributed by atoms with Gasteiger partial charge in [0.15, 0.2) is 11.0 Å². The SMILES string of the molecule is CCn1c(SCC(=O)NC(=O)NC)nnc1-c1ccoc1C. The van der Waals surface area contributed by atoms with Gasteiger partial charge in [-0.15, -0.1) is 10.2 Å². The van der Waals surface area contributed by atoms with Crippen LogP contribution >= 0.6 is 11.8 Å². The number of hydrogen-bond acceptors (Lipinski definition) is 6. The van der Waals surface area contributed by atoms with Gasteiger partial charge in [0, 0.05) is 13.6 Å². The predicted molar refractivity (Wildman–Crippen MR) is 81.5 cm³/mol. The summed E-state index contributed by atoms with van der Waals surface area (Å²) in [6.07, 6.45) is 1.60. The molecule has 2 aromatic rings. The minimum atomic E-state index is -0.530. The van der Waals surface area contributed by atoms with Gasteiger partial charge in [0.1, 0.15) is 5.76 Å². The Labute approximate surface area is 131 Å². The first-order chi connectivity index (χ1) is 10.6. The average Bonchev–Trinajstić information content (AvgIpc) is 3.10. The molecule has 0 fully saturated rings. The number of nitrogens with one attached hydrogen (secondary N) is 2. The molecule has 118 valence electrons. The van der Waals surface area contributed by atoms with Crippen molar-refractivity contribution in [3.8, 4) is 11.4 Å². The van der Waals surface area contributed by atoms with Crippen molar-refractivity contribution in [3.05, 3.63) is 18.1 Å². The minimum absolute atomic E-state index is 0.0793. The Hall–Kier alpha value is -2.29. The van der Waals surface area contributed by atoms with Gasteiger partial charge < -0.3 is 14.3 Å². The highest BCUT2D eigenvalue weighted by Crippen LogP contribution is 2.26. The lowest BCUT2D eigenvalue weighted by molar-refractivity contribution is -0.117. The summed E-state index contributed by atoms with van der Waals surface area (Å²) in [5.41, 5.74) is 0.871. The fourth-order valence-electron chi connectivity index (χ4n) is 1.85. The highest BCUT2D eigenvalue weighted by Gasteiger charge is 2.17. The molecule has 2 rings (SSSR count). The van der Waals surface area contributed by atoms with E-state index in [-0.39, 0.29) is 5.75 Å². The van der Waals surface area contributed by atoms with Crippen molar-refractivity contribution in [2.75, 3.05) is 12.8 Å². The fraction of sp³-hybridized carbons (Fsp3) is 0.385. The van der Waals surface area contributed by atoms with E-state index in [0.717, 1.165) is 11.3 Å². The van der Waals surface area contributed by atoms with Crippen LogP contribution in [0, 0.1) is 6.92 Å². The second-order valence-electron chi connectivity index (χ2n) is 4.36. The third-order valence-electron chi connectivity index (χ3n) is 2.95. The van der Waals surface area contributed by atoms with Crippen LogP contribution in [0.3, 0.4) is 0 Å². The number of urea groups is 1. The molecule has 0 spiro atoms. The molecule has 0 radical (unpaired) electrons. The van der Waals surface area contributed by atoms with Crippen LogP contribution in [0.1, 0.15) is 12.7 Å². The average molecular weight is 323 g/mol. The van der Waals surface area contributed by atoms with Crippen molar-refractivity contribution < 1.29 is 14.0 Å². The fourth-order valence-corrected chi connectivity index (χ4v) is 2.65. The van der Waals surface area contributed by atoms with Gasteiger partial charge in [-0.05, 0) is 19.9 Å². The lowest BCUT2D eigenvalue weighted by atomic mass is 10.2. The molecule has 0 bridgehead atoms. The summed E-state index contributed by atoms with van der Waals surface area (Å²) in [5.74, 6) is 1.14. The van der Waals surface area contributed by atoms with E-state index in [4.69, 9.17) is 4.42 Å². The van der Waals surface area contributed by atoms with Crippen LogP contribution in [-0.4, -0.2) is 39.5 Å². The monoisotopic (exact) mass is 323 g/mol. The molecule has 2 heterocycles. The molecule has 3 amide bonds. The molecule has 22 heavy (non-hydrogen) atoms. The van der Waals surface area contributed by atoms with Crippen LogP contribution in [-0.2, 0) is 11.3 Å². The summed E-state index contributed by atoms with van der Waals surface area (Å²) in [5, 5.41) is 13.4. The van der Waals surface area contributed by atoms with Crippen molar-refractivity contribution >= 4 is 23.7 Å². The molecular weight excluding hydrogens is 306 g/mol. The lowest BCUT2D eigenvalue weighted by Crippen LogP contribution is -2.38. The number of amides is 3. The first-order valence-electron chi connectivity index (χ1n) is 6.68. The van der Waals surface area contributed by atoms with Crippen molar-refractivity contribution in [1.82, 2.24) is 25.4 Å². The second kappa shape index (κ2) is 7.12. The highest BCUT2D eigenvalue weighted by atomic mass is 32.2. The van der Waals surface area contributed by atoms with E-state index in [1.54, 1.807) is 6.26 Å². The van der Waals surface area contributed by atoms with Crippen LogP contribution in [0.25, 0.3) is 11.4 Å². The molecular formula is C13H17N5O3S. The largest absolute Gasteiger partial charge is 0.469 e. The minimum Gasteiger partial charge on any atom is -0.469 e. The number of nitrogens with zero attached hydrogens (tertiary/aromatic N) is 3. The Morgan fingerprint density at radius 2 is 2.18 bits per heavy atom. The summed E-state index contributed by atoms with van der Waals surface area (Å²) >= 11 is 1.22. The van der Waals surface area contributed by atoms with E-state index in [9.17, 15) is 9.59 Å². The van der Waals surface area contributed by atoms with E-state index < -0.39 is 11.9 Å². The number of hydrogen-bond donors (Lipinski definition) is 2. The summed E-state index contributed by atoms with van der Waals surface area (Å²) in [6, 6.07) is 1.30. The van der Waals surface area contributed by atoms with Gasteiger partial charge >= 0.3 is 6.03 Å². The Morgan fingerprint density at radius 3 is 2.77 bits per heavy atom. The van der Waals surface area contributed by atoms with Crippen molar-refractivity contribution in [2.24, 2.45) is 0 Å². The Kier molecular flexibility index (Phi) is 5.21. The standard InChI is InChI=1S/C13H17N5O3S/c1-4-18-11(9-5-6-21-8(9)2)16-17-13(18)22-7-10(19)15-12(20)14-3/h5-6H,4,7H2,1-3H3,(H2,14,15,19,20). The molecule has 0 aliphatic rings.